The van der Waals surface area contributed by atoms with Crippen molar-refractivity contribution in [1.82, 2.24) is 4.90 Å². The first kappa shape index (κ1) is 16.6. The first-order valence-electron chi connectivity index (χ1n) is 7.67. The minimum absolute atomic E-state index is 0.0163. The zero-order valence-corrected chi connectivity index (χ0v) is 15.1. The fourth-order valence-corrected chi connectivity index (χ4v) is 2.80. The van der Waals surface area contributed by atoms with Crippen molar-refractivity contribution in [3.05, 3.63) is 64.8 Å². The Morgan fingerprint density at radius 3 is 2.75 bits per heavy atom. The van der Waals surface area contributed by atoms with E-state index in [2.05, 4.69) is 15.9 Å². The van der Waals surface area contributed by atoms with E-state index in [0.717, 1.165) is 21.2 Å². The Morgan fingerprint density at radius 1 is 1.21 bits per heavy atom. The second-order valence-electron chi connectivity index (χ2n) is 5.61. The predicted octanol–water partition coefficient (Wildman–Crippen LogP) is 4.79. The van der Waals surface area contributed by atoms with Gasteiger partial charge in [0, 0.05) is 16.9 Å². The molecule has 0 aliphatic heterocycles. The number of hydrogen-bond acceptors (Lipinski definition) is 3. The number of carbonyl (C=O) groups excluding carboxylic acids is 1. The number of amides is 1. The summed E-state index contributed by atoms with van der Waals surface area (Å²) < 4.78 is 12.3. The molecule has 1 heterocycles. The van der Waals surface area contributed by atoms with Crippen LogP contribution in [0.1, 0.15) is 18.7 Å². The molecule has 0 saturated heterocycles. The highest BCUT2D eigenvalue weighted by Crippen LogP contribution is 2.26. The van der Waals surface area contributed by atoms with E-state index < -0.39 is 0 Å². The summed E-state index contributed by atoms with van der Waals surface area (Å²) in [6, 6.07) is 17.0. The number of likely N-dealkylation sites (N-methyl/N-ethyl adjacent to an activating group) is 1. The van der Waals surface area contributed by atoms with Crippen molar-refractivity contribution in [2.75, 3.05) is 13.7 Å². The maximum atomic E-state index is 12.4. The van der Waals surface area contributed by atoms with Crippen molar-refractivity contribution in [3.8, 4) is 5.75 Å². The van der Waals surface area contributed by atoms with Crippen LogP contribution in [0.25, 0.3) is 11.0 Å². The molecule has 5 heteroatoms. The minimum atomic E-state index is -0.170. The van der Waals surface area contributed by atoms with Crippen LogP contribution in [0.4, 0.5) is 0 Å². The third-order valence-electron chi connectivity index (χ3n) is 3.99. The summed E-state index contributed by atoms with van der Waals surface area (Å²) in [4.78, 5) is 14.0. The second kappa shape index (κ2) is 7.09. The fourth-order valence-electron chi connectivity index (χ4n) is 2.42. The second-order valence-corrected chi connectivity index (χ2v) is 6.53. The molecule has 0 aliphatic rings. The van der Waals surface area contributed by atoms with Crippen LogP contribution >= 0.6 is 15.9 Å². The number of para-hydroxylation sites is 1. The van der Waals surface area contributed by atoms with Gasteiger partial charge in [0.25, 0.3) is 5.91 Å². The van der Waals surface area contributed by atoms with Gasteiger partial charge in [-0.25, -0.2) is 0 Å². The quantitative estimate of drug-likeness (QED) is 0.631. The molecular weight excluding hydrogens is 370 g/mol. The van der Waals surface area contributed by atoms with E-state index in [1.807, 2.05) is 61.5 Å². The molecule has 24 heavy (non-hydrogen) atoms. The van der Waals surface area contributed by atoms with Crippen molar-refractivity contribution in [1.29, 1.82) is 0 Å². The largest absolute Gasteiger partial charge is 0.484 e. The standard InChI is InChI=1S/C19H18BrNO3/c1-13(18-10-14-6-3-4-9-17(14)24-18)21(2)19(22)12-23-16-8-5-7-15(20)11-16/h3-11,13H,12H2,1-2H3. The molecule has 2 aromatic carbocycles. The van der Waals surface area contributed by atoms with E-state index in [-0.39, 0.29) is 18.6 Å². The van der Waals surface area contributed by atoms with Crippen molar-refractivity contribution in [2.45, 2.75) is 13.0 Å². The lowest BCUT2D eigenvalue weighted by Gasteiger charge is -2.23. The van der Waals surface area contributed by atoms with Gasteiger partial charge >= 0.3 is 0 Å². The van der Waals surface area contributed by atoms with E-state index >= 15 is 0 Å². The molecule has 3 rings (SSSR count). The molecule has 0 bridgehead atoms. The Morgan fingerprint density at radius 2 is 2.00 bits per heavy atom. The van der Waals surface area contributed by atoms with Crippen molar-refractivity contribution in [3.63, 3.8) is 0 Å². The molecule has 3 aromatic rings. The van der Waals surface area contributed by atoms with Crippen LogP contribution in [0.5, 0.6) is 5.75 Å². The molecule has 0 fully saturated rings. The van der Waals surface area contributed by atoms with Gasteiger partial charge in [0.15, 0.2) is 6.61 Å². The van der Waals surface area contributed by atoms with Crippen LogP contribution in [-0.4, -0.2) is 24.5 Å². The van der Waals surface area contributed by atoms with Crippen LogP contribution < -0.4 is 4.74 Å². The van der Waals surface area contributed by atoms with Crippen molar-refractivity contribution >= 4 is 32.8 Å². The summed E-state index contributed by atoms with van der Waals surface area (Å²) in [5.74, 6) is 1.31. The molecular formula is C19H18BrNO3. The number of furan rings is 1. The molecule has 0 aliphatic carbocycles. The maximum Gasteiger partial charge on any atom is 0.260 e. The molecule has 124 valence electrons. The number of ether oxygens (including phenoxy) is 1. The summed E-state index contributed by atoms with van der Waals surface area (Å²) in [5.41, 5.74) is 0.825. The summed E-state index contributed by atoms with van der Waals surface area (Å²) in [6.45, 7) is 1.92. The van der Waals surface area contributed by atoms with E-state index in [9.17, 15) is 4.79 Å². The van der Waals surface area contributed by atoms with Crippen LogP contribution in [0, 0.1) is 0 Å². The van der Waals surface area contributed by atoms with E-state index in [4.69, 9.17) is 9.15 Å². The smallest absolute Gasteiger partial charge is 0.260 e. The van der Waals surface area contributed by atoms with Crippen LogP contribution in [-0.2, 0) is 4.79 Å². The lowest BCUT2D eigenvalue weighted by atomic mass is 10.2. The monoisotopic (exact) mass is 387 g/mol. The Hall–Kier alpha value is -2.27. The number of fused-ring (bicyclic) bond motifs is 1. The highest BCUT2D eigenvalue weighted by atomic mass is 79.9. The van der Waals surface area contributed by atoms with E-state index in [1.54, 1.807) is 11.9 Å². The van der Waals surface area contributed by atoms with Gasteiger partial charge in [-0.3, -0.25) is 4.79 Å². The van der Waals surface area contributed by atoms with Gasteiger partial charge in [-0.05, 0) is 37.3 Å². The number of nitrogens with zero attached hydrogens (tertiary/aromatic N) is 1. The summed E-state index contributed by atoms with van der Waals surface area (Å²) >= 11 is 3.38. The molecule has 4 nitrogen and oxygen atoms in total. The Labute approximate surface area is 149 Å². The highest BCUT2D eigenvalue weighted by molar-refractivity contribution is 9.10. The van der Waals surface area contributed by atoms with Gasteiger partial charge in [0.1, 0.15) is 17.1 Å². The van der Waals surface area contributed by atoms with Crippen LogP contribution in [0.3, 0.4) is 0 Å². The Bertz CT molecular complexity index is 825. The van der Waals surface area contributed by atoms with Crippen LogP contribution in [0.2, 0.25) is 0 Å². The zero-order chi connectivity index (χ0) is 17.1. The molecule has 0 radical (unpaired) electrons. The first-order chi connectivity index (χ1) is 11.5. The van der Waals surface area contributed by atoms with Crippen LogP contribution in [0.15, 0.2) is 63.5 Å². The van der Waals surface area contributed by atoms with Gasteiger partial charge in [-0.2, -0.15) is 0 Å². The lowest BCUT2D eigenvalue weighted by molar-refractivity contribution is -0.134. The average Bonchev–Trinajstić information content (AvgIpc) is 3.02. The number of halogens is 1. The first-order valence-corrected chi connectivity index (χ1v) is 8.46. The fraction of sp³-hybridized carbons (Fsp3) is 0.211. The molecule has 0 spiro atoms. The van der Waals surface area contributed by atoms with Gasteiger partial charge in [0.05, 0.1) is 6.04 Å². The summed E-state index contributed by atoms with van der Waals surface area (Å²) in [5, 5.41) is 1.03. The summed E-state index contributed by atoms with van der Waals surface area (Å²) in [7, 11) is 1.75. The lowest BCUT2D eigenvalue weighted by Crippen LogP contribution is -2.33. The van der Waals surface area contributed by atoms with Crippen molar-refractivity contribution < 1.29 is 13.9 Å². The SMILES string of the molecule is CC(c1cc2ccccc2o1)N(C)C(=O)COc1cccc(Br)c1. The van der Waals surface area contributed by atoms with E-state index in [1.165, 1.54) is 0 Å². The Kier molecular flexibility index (Phi) is 4.90. The number of carbonyl (C=O) groups is 1. The molecule has 0 saturated carbocycles. The molecule has 1 aromatic heterocycles. The van der Waals surface area contributed by atoms with E-state index in [0.29, 0.717) is 5.75 Å². The topological polar surface area (TPSA) is 42.7 Å². The number of hydrogen-bond donors (Lipinski definition) is 0. The van der Waals surface area contributed by atoms with Gasteiger partial charge in [-0.15, -0.1) is 0 Å². The van der Waals surface area contributed by atoms with Gasteiger partial charge in [-0.1, -0.05) is 40.2 Å². The summed E-state index contributed by atoms with van der Waals surface area (Å²) in [6.07, 6.45) is 0. The van der Waals surface area contributed by atoms with Gasteiger partial charge in [0.2, 0.25) is 0 Å². The highest BCUT2D eigenvalue weighted by Gasteiger charge is 2.21. The maximum absolute atomic E-state index is 12.4. The molecule has 1 atom stereocenters. The number of rotatable bonds is 5. The van der Waals surface area contributed by atoms with Gasteiger partial charge < -0.3 is 14.1 Å². The minimum Gasteiger partial charge on any atom is -0.484 e. The number of benzene rings is 2. The zero-order valence-electron chi connectivity index (χ0n) is 13.5. The predicted molar refractivity (Wildman–Crippen MR) is 97.0 cm³/mol. The third-order valence-corrected chi connectivity index (χ3v) is 4.48. The Balaban J connectivity index is 1.66. The third kappa shape index (κ3) is 3.62. The molecule has 1 unspecified atom stereocenters. The van der Waals surface area contributed by atoms with Crippen molar-refractivity contribution in [2.24, 2.45) is 0 Å². The average molecular weight is 388 g/mol. The normalized spacial score (nSPS) is 12.1. The molecule has 1 amide bonds. The molecule has 0 N–H and O–H groups in total.